The standard InChI is InChI=1S/C24H23N3O7/c1-3-7-26-24(28)17(12-25)8-16-5-6-21(22(9-16)32-4-2)33-14-19-11-20(27(29)30)10-18-13-31-15-34-23(18)19/h3,5-6,8-11H,1,4,7,13-15H2,2H3,(H,26,28). The van der Waals surface area contributed by atoms with E-state index in [2.05, 4.69) is 11.9 Å². The zero-order valence-corrected chi connectivity index (χ0v) is 18.5. The van der Waals surface area contributed by atoms with Crippen molar-refractivity contribution in [3.8, 4) is 23.3 Å². The first kappa shape index (κ1) is 24.3. The average molecular weight is 465 g/mol. The molecule has 176 valence electrons. The van der Waals surface area contributed by atoms with Gasteiger partial charge >= 0.3 is 0 Å². The second kappa shape index (κ2) is 11.5. The van der Waals surface area contributed by atoms with E-state index in [0.717, 1.165) is 0 Å². The molecule has 0 atom stereocenters. The third-order valence-corrected chi connectivity index (χ3v) is 4.72. The molecular formula is C24H23N3O7. The van der Waals surface area contributed by atoms with Gasteiger partial charge < -0.3 is 24.3 Å². The lowest BCUT2D eigenvalue weighted by Gasteiger charge is -2.21. The summed E-state index contributed by atoms with van der Waals surface area (Å²) >= 11 is 0. The van der Waals surface area contributed by atoms with Crippen molar-refractivity contribution in [3.63, 3.8) is 0 Å². The number of carbonyl (C=O) groups excluding carboxylic acids is 1. The molecule has 0 bridgehead atoms. The largest absolute Gasteiger partial charge is 0.490 e. The number of benzene rings is 2. The van der Waals surface area contributed by atoms with E-state index in [1.807, 2.05) is 6.07 Å². The highest BCUT2D eigenvalue weighted by Gasteiger charge is 2.21. The van der Waals surface area contributed by atoms with Crippen molar-refractivity contribution >= 4 is 17.7 Å². The van der Waals surface area contributed by atoms with E-state index in [1.165, 1.54) is 24.3 Å². The second-order valence-electron chi connectivity index (χ2n) is 7.06. The van der Waals surface area contributed by atoms with Gasteiger partial charge in [-0.25, -0.2) is 0 Å². The Morgan fingerprint density at radius 2 is 2.15 bits per heavy atom. The molecule has 0 spiro atoms. The number of fused-ring (bicyclic) bond motifs is 1. The van der Waals surface area contributed by atoms with Crippen LogP contribution in [-0.2, 0) is 22.7 Å². The SMILES string of the molecule is C=CCNC(=O)C(C#N)=Cc1ccc(OCc2cc([N+](=O)[O-])cc3c2OCOC3)c(OCC)c1. The van der Waals surface area contributed by atoms with Gasteiger partial charge in [0.25, 0.3) is 11.6 Å². The van der Waals surface area contributed by atoms with Crippen LogP contribution in [0.25, 0.3) is 6.08 Å². The fourth-order valence-electron chi connectivity index (χ4n) is 3.23. The number of nitro benzene ring substituents is 1. The minimum atomic E-state index is -0.514. The Balaban J connectivity index is 1.86. The van der Waals surface area contributed by atoms with Gasteiger partial charge in [-0.2, -0.15) is 5.26 Å². The van der Waals surface area contributed by atoms with Gasteiger partial charge in [0, 0.05) is 29.8 Å². The minimum absolute atomic E-state index is 0.00726. The van der Waals surface area contributed by atoms with Gasteiger partial charge in [-0.15, -0.1) is 6.58 Å². The number of nitrogens with zero attached hydrogens (tertiary/aromatic N) is 2. The number of rotatable bonds is 10. The Bertz CT molecular complexity index is 1170. The molecular weight excluding hydrogens is 442 g/mol. The highest BCUT2D eigenvalue weighted by atomic mass is 16.7. The van der Waals surface area contributed by atoms with Gasteiger partial charge in [-0.05, 0) is 30.7 Å². The first-order valence-corrected chi connectivity index (χ1v) is 10.4. The Hall–Kier alpha value is -4.36. The fraction of sp³-hybridized carbons (Fsp3) is 0.250. The highest BCUT2D eigenvalue weighted by Crippen LogP contribution is 2.35. The third-order valence-electron chi connectivity index (χ3n) is 4.72. The van der Waals surface area contributed by atoms with E-state index in [1.54, 1.807) is 25.1 Å². The van der Waals surface area contributed by atoms with Gasteiger partial charge in [-0.3, -0.25) is 14.9 Å². The predicted molar refractivity (Wildman–Crippen MR) is 122 cm³/mol. The van der Waals surface area contributed by atoms with Crippen molar-refractivity contribution < 1.29 is 28.7 Å². The quantitative estimate of drug-likeness (QED) is 0.185. The molecule has 0 radical (unpaired) electrons. The molecule has 1 amide bonds. The lowest BCUT2D eigenvalue weighted by molar-refractivity contribution is -0.385. The molecule has 10 heteroatoms. The van der Waals surface area contributed by atoms with Gasteiger partial charge in [0.1, 0.15) is 24.0 Å². The maximum absolute atomic E-state index is 12.1. The van der Waals surface area contributed by atoms with E-state index in [9.17, 15) is 20.2 Å². The number of non-ortho nitro benzene ring substituents is 1. The van der Waals surface area contributed by atoms with Gasteiger partial charge in [0.05, 0.1) is 18.1 Å². The number of ether oxygens (including phenoxy) is 4. The maximum Gasteiger partial charge on any atom is 0.270 e. The van der Waals surface area contributed by atoms with Crippen LogP contribution in [0.4, 0.5) is 5.69 Å². The van der Waals surface area contributed by atoms with Gasteiger partial charge in [0.2, 0.25) is 0 Å². The van der Waals surface area contributed by atoms with Crippen LogP contribution >= 0.6 is 0 Å². The molecule has 1 aliphatic rings. The van der Waals surface area contributed by atoms with E-state index in [-0.39, 0.29) is 37.8 Å². The summed E-state index contributed by atoms with van der Waals surface area (Å²) in [7, 11) is 0. The summed E-state index contributed by atoms with van der Waals surface area (Å²) < 4.78 is 22.4. The summed E-state index contributed by atoms with van der Waals surface area (Å²) in [4.78, 5) is 22.9. The van der Waals surface area contributed by atoms with Crippen molar-refractivity contribution in [2.45, 2.75) is 20.1 Å². The molecule has 10 nitrogen and oxygen atoms in total. The van der Waals surface area contributed by atoms with Crippen molar-refractivity contribution in [2.75, 3.05) is 19.9 Å². The van der Waals surface area contributed by atoms with E-state index < -0.39 is 10.8 Å². The molecule has 1 aliphatic heterocycles. The molecule has 0 fully saturated rings. The number of nitriles is 1. The molecule has 1 N–H and O–H groups in total. The topological polar surface area (TPSA) is 133 Å². The summed E-state index contributed by atoms with van der Waals surface area (Å²) in [5, 5.41) is 23.2. The molecule has 0 unspecified atom stereocenters. The van der Waals surface area contributed by atoms with E-state index in [0.29, 0.717) is 40.5 Å². The number of carbonyl (C=O) groups is 1. The van der Waals surface area contributed by atoms with Crippen molar-refractivity contribution in [3.05, 3.63) is 75.4 Å². The van der Waals surface area contributed by atoms with Crippen LogP contribution in [0.2, 0.25) is 0 Å². The van der Waals surface area contributed by atoms with Crippen LogP contribution in [0.3, 0.4) is 0 Å². The second-order valence-corrected chi connectivity index (χ2v) is 7.06. The summed E-state index contributed by atoms with van der Waals surface area (Å²) in [6.45, 7) is 6.17. The molecule has 1 heterocycles. The Labute approximate surface area is 196 Å². The average Bonchev–Trinajstić information content (AvgIpc) is 2.85. The first-order valence-electron chi connectivity index (χ1n) is 10.4. The zero-order valence-electron chi connectivity index (χ0n) is 18.5. The molecule has 34 heavy (non-hydrogen) atoms. The Morgan fingerprint density at radius 3 is 2.85 bits per heavy atom. The van der Waals surface area contributed by atoms with Crippen molar-refractivity contribution in [1.82, 2.24) is 5.32 Å². The summed E-state index contributed by atoms with van der Waals surface area (Å²) in [5.74, 6) is 0.767. The van der Waals surface area contributed by atoms with Crippen LogP contribution in [-0.4, -0.2) is 30.8 Å². The fourth-order valence-corrected chi connectivity index (χ4v) is 3.23. The minimum Gasteiger partial charge on any atom is -0.490 e. The summed E-state index contributed by atoms with van der Waals surface area (Å²) in [5.41, 5.74) is 1.48. The highest BCUT2D eigenvalue weighted by molar-refractivity contribution is 6.01. The summed E-state index contributed by atoms with van der Waals surface area (Å²) in [6, 6.07) is 9.66. The number of nitro groups is 1. The van der Waals surface area contributed by atoms with Crippen molar-refractivity contribution in [2.24, 2.45) is 0 Å². The lowest BCUT2D eigenvalue weighted by Crippen LogP contribution is -2.24. The Morgan fingerprint density at radius 1 is 1.32 bits per heavy atom. The van der Waals surface area contributed by atoms with Crippen LogP contribution < -0.4 is 19.5 Å². The number of hydrogen-bond donors (Lipinski definition) is 1. The first-order chi connectivity index (χ1) is 16.5. The lowest BCUT2D eigenvalue weighted by atomic mass is 10.1. The monoisotopic (exact) mass is 465 g/mol. The molecule has 2 aromatic rings. The van der Waals surface area contributed by atoms with Crippen LogP contribution in [0, 0.1) is 21.4 Å². The van der Waals surface area contributed by atoms with Gasteiger partial charge in [0.15, 0.2) is 18.3 Å². The third kappa shape index (κ3) is 5.90. The van der Waals surface area contributed by atoms with E-state index >= 15 is 0 Å². The van der Waals surface area contributed by atoms with Gasteiger partial charge in [-0.1, -0.05) is 12.1 Å². The molecule has 0 aromatic heterocycles. The molecule has 3 rings (SSSR count). The Kier molecular flexibility index (Phi) is 8.21. The maximum atomic E-state index is 12.1. The predicted octanol–water partition coefficient (Wildman–Crippen LogP) is 3.65. The molecule has 0 saturated carbocycles. The smallest absolute Gasteiger partial charge is 0.270 e. The van der Waals surface area contributed by atoms with Crippen LogP contribution in [0.1, 0.15) is 23.6 Å². The molecule has 0 saturated heterocycles. The zero-order chi connectivity index (χ0) is 24.5. The molecule has 2 aromatic carbocycles. The number of hydrogen-bond acceptors (Lipinski definition) is 8. The normalized spacial score (nSPS) is 12.5. The molecule has 0 aliphatic carbocycles. The number of amides is 1. The van der Waals surface area contributed by atoms with Crippen LogP contribution in [0.5, 0.6) is 17.2 Å². The number of nitrogens with one attached hydrogen (secondary N) is 1. The van der Waals surface area contributed by atoms with Crippen LogP contribution in [0.15, 0.2) is 48.6 Å². The summed E-state index contributed by atoms with van der Waals surface area (Å²) in [6.07, 6.45) is 2.96. The van der Waals surface area contributed by atoms with E-state index in [4.69, 9.17) is 18.9 Å². The van der Waals surface area contributed by atoms with Crippen molar-refractivity contribution in [1.29, 1.82) is 5.26 Å².